The van der Waals surface area contributed by atoms with Crippen molar-refractivity contribution < 1.29 is 14.3 Å². The Morgan fingerprint density at radius 2 is 1.92 bits per heavy atom. The van der Waals surface area contributed by atoms with Crippen LogP contribution in [0.5, 0.6) is 11.5 Å². The van der Waals surface area contributed by atoms with Crippen molar-refractivity contribution in [3.05, 3.63) is 59.2 Å². The van der Waals surface area contributed by atoms with Crippen LogP contribution < -0.4 is 14.8 Å². The van der Waals surface area contributed by atoms with Gasteiger partial charge in [-0.05, 0) is 29.3 Å². The van der Waals surface area contributed by atoms with Crippen LogP contribution in [-0.2, 0) is 17.0 Å². The van der Waals surface area contributed by atoms with Crippen LogP contribution in [0.2, 0.25) is 0 Å². The summed E-state index contributed by atoms with van der Waals surface area (Å²) < 4.78 is 10.4. The van der Waals surface area contributed by atoms with Crippen molar-refractivity contribution in [1.82, 2.24) is 5.32 Å². The molecule has 26 heavy (non-hydrogen) atoms. The molecular formula is C20H22N2O3S. The first-order valence-electron chi connectivity index (χ1n) is 8.21. The van der Waals surface area contributed by atoms with Gasteiger partial charge in [-0.2, -0.15) is 17.0 Å². The summed E-state index contributed by atoms with van der Waals surface area (Å²) in [5.41, 5.74) is 2.60. The molecule has 2 aromatic carbocycles. The van der Waals surface area contributed by atoms with Gasteiger partial charge in [-0.25, -0.2) is 0 Å². The van der Waals surface area contributed by atoms with E-state index in [1.165, 1.54) is 0 Å². The Labute approximate surface area is 158 Å². The highest BCUT2D eigenvalue weighted by Crippen LogP contribution is 2.27. The molecule has 1 amide bonds. The quantitative estimate of drug-likeness (QED) is 0.687. The zero-order chi connectivity index (χ0) is 18.8. The summed E-state index contributed by atoms with van der Waals surface area (Å²) in [7, 11) is 3.15. The second kappa shape index (κ2) is 10.4. The molecule has 0 bridgehead atoms. The summed E-state index contributed by atoms with van der Waals surface area (Å²) in [4.78, 5) is 12.1. The Morgan fingerprint density at radius 3 is 2.65 bits per heavy atom. The number of thioether (sulfide) groups is 1. The number of benzene rings is 2. The van der Waals surface area contributed by atoms with E-state index in [2.05, 4.69) is 11.4 Å². The van der Waals surface area contributed by atoms with Gasteiger partial charge in [0.25, 0.3) is 0 Å². The molecule has 0 atom stereocenters. The van der Waals surface area contributed by atoms with E-state index in [1.807, 2.05) is 36.4 Å². The second-order valence-corrected chi connectivity index (χ2v) is 6.64. The van der Waals surface area contributed by atoms with Crippen molar-refractivity contribution in [2.75, 3.05) is 26.5 Å². The zero-order valence-corrected chi connectivity index (χ0v) is 15.8. The van der Waals surface area contributed by atoms with E-state index in [4.69, 9.17) is 14.7 Å². The van der Waals surface area contributed by atoms with Crippen molar-refractivity contribution in [3.8, 4) is 17.6 Å². The van der Waals surface area contributed by atoms with Gasteiger partial charge in [0.1, 0.15) is 0 Å². The molecule has 0 spiro atoms. The fourth-order valence-corrected chi connectivity index (χ4v) is 3.30. The van der Waals surface area contributed by atoms with Crippen molar-refractivity contribution in [1.29, 1.82) is 5.26 Å². The molecule has 0 heterocycles. The van der Waals surface area contributed by atoms with E-state index in [0.29, 0.717) is 30.0 Å². The lowest BCUT2D eigenvalue weighted by Crippen LogP contribution is -2.27. The number of methoxy groups -OCH3 is 2. The highest BCUT2D eigenvalue weighted by atomic mass is 32.2. The summed E-state index contributed by atoms with van der Waals surface area (Å²) in [6.45, 7) is 0.589. The largest absolute Gasteiger partial charge is 0.493 e. The summed E-state index contributed by atoms with van der Waals surface area (Å²) in [5.74, 6) is 2.78. The lowest BCUT2D eigenvalue weighted by molar-refractivity contribution is -0.120. The number of ether oxygens (including phenoxy) is 2. The van der Waals surface area contributed by atoms with Crippen LogP contribution in [0, 0.1) is 11.3 Å². The van der Waals surface area contributed by atoms with Gasteiger partial charge in [0.2, 0.25) is 5.91 Å². The number of hydrogen-bond donors (Lipinski definition) is 1. The van der Waals surface area contributed by atoms with Crippen LogP contribution in [0.25, 0.3) is 0 Å². The van der Waals surface area contributed by atoms with E-state index < -0.39 is 0 Å². The van der Waals surface area contributed by atoms with Gasteiger partial charge in [0, 0.05) is 18.1 Å². The van der Waals surface area contributed by atoms with Crippen molar-refractivity contribution in [3.63, 3.8) is 0 Å². The number of carbonyl (C=O) groups excluding carboxylic acids is 1. The average molecular weight is 370 g/mol. The lowest BCUT2D eigenvalue weighted by atomic mass is 10.1. The number of amides is 1. The van der Waals surface area contributed by atoms with Crippen LogP contribution in [-0.4, -0.2) is 32.4 Å². The van der Waals surface area contributed by atoms with Crippen LogP contribution in [0.4, 0.5) is 0 Å². The molecule has 136 valence electrons. The monoisotopic (exact) mass is 370 g/mol. The number of hydrogen-bond acceptors (Lipinski definition) is 5. The predicted octanol–water partition coefficient (Wildman–Crippen LogP) is 3.17. The normalized spacial score (nSPS) is 10.0. The summed E-state index contributed by atoms with van der Waals surface area (Å²) in [6.07, 6.45) is 0.294. The summed E-state index contributed by atoms with van der Waals surface area (Å²) >= 11 is 1.69. The van der Waals surface area contributed by atoms with Crippen molar-refractivity contribution in [2.45, 2.75) is 12.2 Å². The Balaban J connectivity index is 1.73. The van der Waals surface area contributed by atoms with E-state index in [9.17, 15) is 4.79 Å². The van der Waals surface area contributed by atoms with E-state index in [-0.39, 0.29) is 5.91 Å². The highest BCUT2D eigenvalue weighted by molar-refractivity contribution is 7.98. The van der Waals surface area contributed by atoms with Crippen LogP contribution in [0.3, 0.4) is 0 Å². The van der Waals surface area contributed by atoms with Crippen molar-refractivity contribution in [2.24, 2.45) is 0 Å². The second-order valence-electron chi connectivity index (χ2n) is 5.54. The lowest BCUT2D eigenvalue weighted by Gasteiger charge is -2.10. The molecule has 0 aliphatic rings. The Morgan fingerprint density at radius 1 is 1.15 bits per heavy atom. The third-order valence-electron chi connectivity index (χ3n) is 3.78. The summed E-state index contributed by atoms with van der Waals surface area (Å²) in [6, 6.07) is 15.2. The smallest absolute Gasteiger partial charge is 0.224 e. The molecule has 2 rings (SSSR count). The molecular weight excluding hydrogens is 348 g/mol. The fourth-order valence-electron chi connectivity index (χ4n) is 2.44. The molecule has 0 aliphatic heterocycles. The molecule has 5 nitrogen and oxygen atoms in total. The van der Waals surface area contributed by atoms with Crippen molar-refractivity contribution >= 4 is 17.7 Å². The number of nitrogens with zero attached hydrogens (tertiary/aromatic N) is 1. The van der Waals surface area contributed by atoms with Crippen LogP contribution in [0.15, 0.2) is 42.5 Å². The van der Waals surface area contributed by atoms with Crippen LogP contribution in [0.1, 0.15) is 16.7 Å². The maximum atomic E-state index is 12.1. The first-order chi connectivity index (χ1) is 12.7. The predicted molar refractivity (Wildman–Crippen MR) is 104 cm³/mol. The molecule has 0 aliphatic carbocycles. The molecule has 0 aromatic heterocycles. The van der Waals surface area contributed by atoms with Gasteiger partial charge in [0.05, 0.1) is 32.3 Å². The molecule has 0 unspecified atom stereocenters. The van der Waals surface area contributed by atoms with Gasteiger partial charge in [-0.3, -0.25) is 4.79 Å². The van der Waals surface area contributed by atoms with E-state index in [1.54, 1.807) is 32.0 Å². The first kappa shape index (κ1) is 19.7. The molecule has 0 fully saturated rings. The van der Waals surface area contributed by atoms with Gasteiger partial charge in [-0.15, -0.1) is 0 Å². The average Bonchev–Trinajstić information content (AvgIpc) is 2.67. The van der Waals surface area contributed by atoms with Gasteiger partial charge < -0.3 is 14.8 Å². The molecule has 1 N–H and O–H groups in total. The highest BCUT2D eigenvalue weighted by Gasteiger charge is 2.08. The Bertz CT molecular complexity index is 787. The molecule has 2 aromatic rings. The molecule has 6 heteroatoms. The van der Waals surface area contributed by atoms with Gasteiger partial charge in [0.15, 0.2) is 11.5 Å². The van der Waals surface area contributed by atoms with Gasteiger partial charge in [-0.1, -0.05) is 24.3 Å². The van der Waals surface area contributed by atoms with Gasteiger partial charge >= 0.3 is 0 Å². The topological polar surface area (TPSA) is 71.3 Å². The number of nitrogens with one attached hydrogen (secondary N) is 1. The van der Waals surface area contributed by atoms with Crippen LogP contribution >= 0.6 is 11.8 Å². The minimum Gasteiger partial charge on any atom is -0.493 e. The zero-order valence-electron chi connectivity index (χ0n) is 15.0. The number of carbonyl (C=O) groups is 1. The third-order valence-corrected chi connectivity index (χ3v) is 4.78. The number of nitriles is 1. The molecule has 0 saturated heterocycles. The maximum Gasteiger partial charge on any atom is 0.224 e. The Kier molecular flexibility index (Phi) is 7.84. The van der Waals surface area contributed by atoms with E-state index >= 15 is 0 Å². The molecule has 0 radical (unpaired) electrons. The standard InChI is InChI=1S/C20H22N2O3S/c1-24-18-8-7-15(11-19(18)25-2)12-20(23)22-9-10-26-14-17-6-4-3-5-16(17)13-21/h3-8,11H,9-10,12,14H2,1-2H3,(H,22,23). The maximum absolute atomic E-state index is 12.1. The summed E-state index contributed by atoms with van der Waals surface area (Å²) in [5, 5.41) is 12.0. The Hall–Kier alpha value is -2.65. The minimum absolute atomic E-state index is 0.0322. The SMILES string of the molecule is COc1ccc(CC(=O)NCCSCc2ccccc2C#N)cc1OC. The third kappa shape index (κ3) is 5.71. The fraction of sp³-hybridized carbons (Fsp3) is 0.300. The number of rotatable bonds is 9. The van der Waals surface area contributed by atoms with E-state index in [0.717, 1.165) is 22.6 Å². The molecule has 0 saturated carbocycles. The minimum atomic E-state index is -0.0322. The first-order valence-corrected chi connectivity index (χ1v) is 9.36.